The molecule has 0 amide bonds. The first-order valence-electron chi connectivity index (χ1n) is 5.59. The number of hydrogen-bond donors (Lipinski definition) is 2. The molecular formula is C11H15N3O4S. The number of pyridine rings is 1. The number of aromatic nitrogens is 1. The van der Waals surface area contributed by atoms with Crippen LogP contribution in [-0.4, -0.2) is 39.0 Å². The smallest absolute Gasteiger partial charge is 0.339 e. The van der Waals surface area contributed by atoms with E-state index >= 15 is 0 Å². The van der Waals surface area contributed by atoms with E-state index in [0.717, 1.165) is 24.4 Å². The summed E-state index contributed by atoms with van der Waals surface area (Å²) in [5.41, 5.74) is -0.523. The molecule has 0 saturated carbocycles. The van der Waals surface area contributed by atoms with Gasteiger partial charge >= 0.3 is 5.97 Å². The summed E-state index contributed by atoms with van der Waals surface area (Å²) in [7, 11) is 0. The molecule has 1 aromatic heterocycles. The van der Waals surface area contributed by atoms with E-state index in [9.17, 15) is 14.9 Å². The largest absolute Gasteiger partial charge is 0.478 e. The summed E-state index contributed by atoms with van der Waals surface area (Å²) in [6.45, 7) is 1.91. The predicted molar refractivity (Wildman–Crippen MR) is 73.9 cm³/mol. The summed E-state index contributed by atoms with van der Waals surface area (Å²) < 4.78 is 0. The summed E-state index contributed by atoms with van der Waals surface area (Å²) >= 11 is 1.69. The van der Waals surface area contributed by atoms with Crippen molar-refractivity contribution in [2.24, 2.45) is 0 Å². The molecule has 104 valence electrons. The van der Waals surface area contributed by atoms with Crippen molar-refractivity contribution in [1.82, 2.24) is 4.98 Å². The second-order valence-corrected chi connectivity index (χ2v) is 4.96. The Bertz CT molecular complexity index is 481. The monoisotopic (exact) mass is 285 g/mol. The number of nitro groups is 1. The zero-order chi connectivity index (χ0) is 14.4. The van der Waals surface area contributed by atoms with Crippen molar-refractivity contribution in [3.8, 4) is 0 Å². The Hall–Kier alpha value is -1.83. The molecule has 0 aliphatic heterocycles. The summed E-state index contributed by atoms with van der Waals surface area (Å²) in [4.78, 5) is 24.8. The molecule has 1 aromatic rings. The predicted octanol–water partition coefficient (Wildman–Crippen LogP) is 2.24. The molecule has 1 atom stereocenters. The van der Waals surface area contributed by atoms with Crippen molar-refractivity contribution in [2.75, 3.05) is 17.3 Å². The number of thioether (sulfide) groups is 1. The van der Waals surface area contributed by atoms with Gasteiger partial charge in [0, 0.05) is 12.1 Å². The Morgan fingerprint density at radius 2 is 2.37 bits per heavy atom. The topological polar surface area (TPSA) is 105 Å². The van der Waals surface area contributed by atoms with Crippen LogP contribution in [0.2, 0.25) is 0 Å². The van der Waals surface area contributed by atoms with E-state index < -0.39 is 10.9 Å². The molecule has 0 radical (unpaired) electrons. The maximum Gasteiger partial charge on any atom is 0.339 e. The third-order valence-electron chi connectivity index (χ3n) is 2.45. The number of nitrogens with zero attached hydrogens (tertiary/aromatic N) is 2. The van der Waals surface area contributed by atoms with E-state index in [4.69, 9.17) is 5.11 Å². The lowest BCUT2D eigenvalue weighted by molar-refractivity contribution is -0.385. The van der Waals surface area contributed by atoms with E-state index in [1.165, 1.54) is 0 Å². The number of carboxylic acids is 1. The minimum absolute atomic E-state index is 0.0412. The minimum atomic E-state index is -1.24. The van der Waals surface area contributed by atoms with Gasteiger partial charge in [-0.25, -0.2) is 9.78 Å². The van der Waals surface area contributed by atoms with E-state index in [-0.39, 0.29) is 23.1 Å². The number of rotatable bonds is 7. The van der Waals surface area contributed by atoms with Gasteiger partial charge in [-0.15, -0.1) is 0 Å². The van der Waals surface area contributed by atoms with Crippen LogP contribution in [-0.2, 0) is 0 Å². The molecule has 7 nitrogen and oxygen atoms in total. The van der Waals surface area contributed by atoms with Crippen LogP contribution in [0.15, 0.2) is 12.3 Å². The Kier molecular flexibility index (Phi) is 5.56. The first-order valence-corrected chi connectivity index (χ1v) is 6.98. The SMILES string of the molecule is CSCCC(C)Nc1ncc([N+](=O)[O-])cc1C(=O)O. The van der Waals surface area contributed by atoms with Crippen LogP contribution < -0.4 is 5.32 Å². The lowest BCUT2D eigenvalue weighted by atomic mass is 10.2. The maximum absolute atomic E-state index is 11.1. The molecule has 1 heterocycles. The van der Waals surface area contributed by atoms with Crippen molar-refractivity contribution < 1.29 is 14.8 Å². The molecule has 2 N–H and O–H groups in total. The summed E-state index contributed by atoms with van der Waals surface area (Å²) in [6, 6.07) is 1.05. The molecule has 8 heteroatoms. The Balaban J connectivity index is 2.94. The number of aromatic carboxylic acids is 1. The molecule has 1 rings (SSSR count). The maximum atomic E-state index is 11.1. The van der Waals surface area contributed by atoms with Crippen LogP contribution in [0.5, 0.6) is 0 Å². The van der Waals surface area contributed by atoms with Gasteiger partial charge in [0.25, 0.3) is 5.69 Å². The van der Waals surface area contributed by atoms with Crippen molar-refractivity contribution in [3.05, 3.63) is 27.9 Å². The zero-order valence-corrected chi connectivity index (χ0v) is 11.4. The van der Waals surface area contributed by atoms with Crippen LogP contribution >= 0.6 is 11.8 Å². The highest BCUT2D eigenvalue weighted by Crippen LogP contribution is 2.20. The molecule has 19 heavy (non-hydrogen) atoms. The zero-order valence-electron chi connectivity index (χ0n) is 10.6. The summed E-state index contributed by atoms with van der Waals surface area (Å²) in [5.74, 6) is -0.147. The highest BCUT2D eigenvalue weighted by atomic mass is 32.2. The van der Waals surface area contributed by atoms with Gasteiger partial charge in [-0.1, -0.05) is 0 Å². The fourth-order valence-corrected chi connectivity index (χ4v) is 2.02. The van der Waals surface area contributed by atoms with E-state index in [1.807, 2.05) is 13.2 Å². The molecular weight excluding hydrogens is 270 g/mol. The van der Waals surface area contributed by atoms with Crippen LogP contribution in [0, 0.1) is 10.1 Å². The highest BCUT2D eigenvalue weighted by Gasteiger charge is 2.18. The number of nitrogens with one attached hydrogen (secondary N) is 1. The molecule has 0 saturated heterocycles. The van der Waals surface area contributed by atoms with Crippen LogP contribution in [0.25, 0.3) is 0 Å². The second kappa shape index (κ2) is 6.93. The number of hydrogen-bond acceptors (Lipinski definition) is 6. The van der Waals surface area contributed by atoms with Gasteiger partial charge in [-0.3, -0.25) is 10.1 Å². The van der Waals surface area contributed by atoms with Gasteiger partial charge in [0.1, 0.15) is 17.6 Å². The first-order chi connectivity index (χ1) is 8.95. The van der Waals surface area contributed by atoms with Gasteiger partial charge in [-0.2, -0.15) is 11.8 Å². The van der Waals surface area contributed by atoms with E-state index in [0.29, 0.717) is 0 Å². The molecule has 0 fully saturated rings. The standard InChI is InChI=1S/C11H15N3O4S/c1-7(3-4-19-2)13-10-9(11(15)16)5-8(6-12-10)14(17)18/h5-7H,3-4H2,1-2H3,(H,12,13)(H,15,16). The van der Waals surface area contributed by atoms with E-state index in [2.05, 4.69) is 10.3 Å². The Morgan fingerprint density at radius 3 is 2.89 bits per heavy atom. The first kappa shape index (κ1) is 15.2. The van der Waals surface area contributed by atoms with Gasteiger partial charge in [0.2, 0.25) is 0 Å². The van der Waals surface area contributed by atoms with Crippen molar-refractivity contribution in [2.45, 2.75) is 19.4 Å². The van der Waals surface area contributed by atoms with Crippen LogP contribution in [0.4, 0.5) is 11.5 Å². The quantitative estimate of drug-likeness (QED) is 0.584. The van der Waals surface area contributed by atoms with Gasteiger partial charge in [0.15, 0.2) is 0 Å². The Labute approximate surface area is 114 Å². The molecule has 1 unspecified atom stereocenters. The average molecular weight is 285 g/mol. The van der Waals surface area contributed by atoms with E-state index in [1.54, 1.807) is 11.8 Å². The third kappa shape index (κ3) is 4.40. The molecule has 0 aromatic carbocycles. The van der Waals surface area contributed by atoms with Gasteiger partial charge in [-0.05, 0) is 25.4 Å². The fraction of sp³-hybridized carbons (Fsp3) is 0.455. The van der Waals surface area contributed by atoms with Crippen LogP contribution in [0.3, 0.4) is 0 Å². The van der Waals surface area contributed by atoms with Gasteiger partial charge in [0.05, 0.1) is 4.92 Å². The number of anilines is 1. The highest BCUT2D eigenvalue weighted by molar-refractivity contribution is 7.98. The summed E-state index contributed by atoms with van der Waals surface area (Å²) in [6.07, 6.45) is 3.88. The average Bonchev–Trinajstić information content (AvgIpc) is 2.36. The number of carbonyl (C=O) groups is 1. The van der Waals surface area contributed by atoms with Crippen molar-refractivity contribution >= 4 is 29.2 Å². The summed E-state index contributed by atoms with van der Waals surface area (Å²) in [5, 5.41) is 22.6. The fourth-order valence-electron chi connectivity index (χ4n) is 1.43. The van der Waals surface area contributed by atoms with Crippen molar-refractivity contribution in [3.63, 3.8) is 0 Å². The minimum Gasteiger partial charge on any atom is -0.478 e. The van der Waals surface area contributed by atoms with Gasteiger partial charge < -0.3 is 10.4 Å². The molecule has 0 bridgehead atoms. The number of carboxylic acid groups (broad SMARTS) is 1. The third-order valence-corrected chi connectivity index (χ3v) is 3.10. The molecule has 0 aliphatic rings. The Morgan fingerprint density at radius 1 is 1.68 bits per heavy atom. The normalized spacial score (nSPS) is 11.9. The van der Waals surface area contributed by atoms with Crippen molar-refractivity contribution in [1.29, 1.82) is 0 Å². The van der Waals surface area contributed by atoms with Crippen LogP contribution in [0.1, 0.15) is 23.7 Å². The lowest BCUT2D eigenvalue weighted by Gasteiger charge is -2.15. The molecule has 0 aliphatic carbocycles. The lowest BCUT2D eigenvalue weighted by Crippen LogP contribution is -2.19. The molecule has 0 spiro atoms. The second-order valence-electron chi connectivity index (χ2n) is 3.98.